The van der Waals surface area contributed by atoms with Crippen molar-refractivity contribution in [3.8, 4) is 17.2 Å². The summed E-state index contributed by atoms with van der Waals surface area (Å²) in [6, 6.07) is 18.5. The van der Waals surface area contributed by atoms with Gasteiger partial charge in [0.25, 0.3) is 11.6 Å². The number of benzene rings is 3. The number of rotatable bonds is 11. The lowest BCUT2D eigenvalue weighted by atomic mass is 10.1. The predicted molar refractivity (Wildman–Crippen MR) is 137 cm³/mol. The SMILES string of the molecule is COc1ccc(NC(=O)C(C)C(=O)NN=Cc2cc(OC)c(OCc3ccccc3)cc2[N+](=O)[O-])cc1. The van der Waals surface area contributed by atoms with Crippen molar-refractivity contribution < 1.29 is 28.7 Å². The molecule has 3 aromatic rings. The molecule has 2 N–H and O–H groups in total. The number of carbonyl (C=O) groups excluding carboxylic acids is 2. The molecular formula is C26H26N4O7. The summed E-state index contributed by atoms with van der Waals surface area (Å²) in [6.07, 6.45) is 1.10. The third-order valence-corrected chi connectivity index (χ3v) is 5.27. The number of hydrogen-bond donors (Lipinski definition) is 2. The summed E-state index contributed by atoms with van der Waals surface area (Å²) >= 11 is 0. The van der Waals surface area contributed by atoms with Gasteiger partial charge in [-0.3, -0.25) is 19.7 Å². The Kier molecular flexibility index (Phi) is 9.14. The molecule has 0 aromatic heterocycles. The van der Waals surface area contributed by atoms with E-state index in [0.717, 1.165) is 11.8 Å². The average molecular weight is 507 g/mol. The first-order valence-corrected chi connectivity index (χ1v) is 11.1. The van der Waals surface area contributed by atoms with Gasteiger partial charge in [0.1, 0.15) is 18.3 Å². The zero-order valence-corrected chi connectivity index (χ0v) is 20.5. The Labute approximate surface area is 213 Å². The molecule has 3 aromatic carbocycles. The molecule has 0 radical (unpaired) electrons. The molecule has 3 rings (SSSR count). The molecule has 2 amide bonds. The fraction of sp³-hybridized carbons (Fsp3) is 0.192. The minimum Gasteiger partial charge on any atom is -0.497 e. The van der Waals surface area contributed by atoms with Gasteiger partial charge in [-0.2, -0.15) is 5.10 Å². The normalized spacial score (nSPS) is 11.4. The lowest BCUT2D eigenvalue weighted by Gasteiger charge is -2.12. The van der Waals surface area contributed by atoms with E-state index in [1.807, 2.05) is 30.3 Å². The second-order valence-electron chi connectivity index (χ2n) is 7.77. The smallest absolute Gasteiger partial charge is 0.282 e. The van der Waals surface area contributed by atoms with Crippen LogP contribution in [-0.4, -0.2) is 37.2 Å². The molecule has 0 aliphatic carbocycles. The fourth-order valence-corrected chi connectivity index (χ4v) is 3.14. The highest BCUT2D eigenvalue weighted by molar-refractivity contribution is 6.06. The minimum atomic E-state index is -1.09. The first kappa shape index (κ1) is 26.7. The van der Waals surface area contributed by atoms with E-state index in [1.54, 1.807) is 24.3 Å². The fourth-order valence-electron chi connectivity index (χ4n) is 3.14. The standard InChI is InChI=1S/C26H26N4O7/c1-17(25(31)28-20-9-11-21(35-2)12-10-20)26(32)29-27-15-19-13-23(36-3)24(14-22(19)30(33)34)37-16-18-7-5-4-6-8-18/h4-15,17H,16H2,1-3H3,(H,28,31)(H,29,32). The second kappa shape index (κ2) is 12.7. The first-order chi connectivity index (χ1) is 17.8. The molecule has 0 bridgehead atoms. The van der Waals surface area contributed by atoms with Crippen LogP contribution in [0.1, 0.15) is 18.1 Å². The Bertz CT molecular complexity index is 1280. The van der Waals surface area contributed by atoms with Crippen molar-refractivity contribution in [2.75, 3.05) is 19.5 Å². The molecule has 0 aliphatic heterocycles. The number of hydrazone groups is 1. The highest BCUT2D eigenvalue weighted by atomic mass is 16.6. The molecular weight excluding hydrogens is 480 g/mol. The zero-order valence-electron chi connectivity index (χ0n) is 20.5. The molecule has 0 fully saturated rings. The summed E-state index contributed by atoms with van der Waals surface area (Å²) in [5, 5.41) is 18.1. The highest BCUT2D eigenvalue weighted by Gasteiger charge is 2.22. The molecule has 37 heavy (non-hydrogen) atoms. The molecule has 1 unspecified atom stereocenters. The van der Waals surface area contributed by atoms with Gasteiger partial charge in [-0.05, 0) is 42.8 Å². The van der Waals surface area contributed by atoms with Crippen LogP contribution in [0.15, 0.2) is 71.8 Å². The zero-order chi connectivity index (χ0) is 26.8. The van der Waals surface area contributed by atoms with Gasteiger partial charge >= 0.3 is 0 Å². The number of nitro groups is 1. The number of hydrogen-bond acceptors (Lipinski definition) is 8. The quantitative estimate of drug-likeness (QED) is 0.174. The van der Waals surface area contributed by atoms with Gasteiger partial charge in [0.2, 0.25) is 5.91 Å². The van der Waals surface area contributed by atoms with Gasteiger partial charge in [-0.25, -0.2) is 5.43 Å². The third-order valence-electron chi connectivity index (χ3n) is 5.27. The van der Waals surface area contributed by atoms with Crippen LogP contribution < -0.4 is 25.0 Å². The van der Waals surface area contributed by atoms with E-state index in [1.165, 1.54) is 33.3 Å². The van der Waals surface area contributed by atoms with E-state index in [9.17, 15) is 19.7 Å². The van der Waals surface area contributed by atoms with E-state index in [2.05, 4.69) is 15.8 Å². The molecule has 192 valence electrons. The summed E-state index contributed by atoms with van der Waals surface area (Å²) in [7, 11) is 2.93. The number of nitro benzene ring substituents is 1. The first-order valence-electron chi connectivity index (χ1n) is 11.1. The van der Waals surface area contributed by atoms with Crippen LogP contribution in [0.3, 0.4) is 0 Å². The molecule has 0 spiro atoms. The van der Waals surface area contributed by atoms with Crippen molar-refractivity contribution in [2.24, 2.45) is 11.0 Å². The van der Waals surface area contributed by atoms with Gasteiger partial charge in [-0.15, -0.1) is 0 Å². The van der Waals surface area contributed by atoms with Crippen LogP contribution in [0, 0.1) is 16.0 Å². The molecule has 1 atom stereocenters. The summed E-state index contributed by atoms with van der Waals surface area (Å²) in [6.45, 7) is 1.60. The van der Waals surface area contributed by atoms with Gasteiger partial charge in [0.15, 0.2) is 11.5 Å². The molecule has 11 nitrogen and oxygen atoms in total. The van der Waals surface area contributed by atoms with Gasteiger partial charge in [0, 0.05) is 5.69 Å². The Hall–Kier alpha value is -4.93. The number of nitrogens with one attached hydrogen (secondary N) is 2. The van der Waals surface area contributed by atoms with E-state index in [-0.39, 0.29) is 29.4 Å². The van der Waals surface area contributed by atoms with Crippen molar-refractivity contribution in [3.63, 3.8) is 0 Å². The summed E-state index contributed by atoms with van der Waals surface area (Å²) in [4.78, 5) is 35.9. The number of nitrogens with zero attached hydrogens (tertiary/aromatic N) is 2. The van der Waals surface area contributed by atoms with Crippen LogP contribution in [0.5, 0.6) is 17.2 Å². The van der Waals surface area contributed by atoms with Crippen LogP contribution in [0.2, 0.25) is 0 Å². The number of carbonyl (C=O) groups is 2. The van der Waals surface area contributed by atoms with Crippen molar-refractivity contribution in [3.05, 3.63) is 88.0 Å². The largest absolute Gasteiger partial charge is 0.497 e. The minimum absolute atomic E-state index is 0.0737. The highest BCUT2D eigenvalue weighted by Crippen LogP contribution is 2.34. The number of anilines is 1. The number of ether oxygens (including phenoxy) is 3. The topological polar surface area (TPSA) is 141 Å². The Morgan fingerprint density at radius 2 is 1.70 bits per heavy atom. The van der Waals surface area contributed by atoms with Crippen LogP contribution in [0.25, 0.3) is 0 Å². The van der Waals surface area contributed by atoms with Crippen molar-refractivity contribution >= 4 is 29.4 Å². The van der Waals surface area contributed by atoms with E-state index < -0.39 is 22.7 Å². The van der Waals surface area contributed by atoms with Crippen LogP contribution in [0.4, 0.5) is 11.4 Å². The van der Waals surface area contributed by atoms with Crippen molar-refractivity contribution in [1.82, 2.24) is 5.43 Å². The summed E-state index contributed by atoms with van der Waals surface area (Å²) in [5.41, 5.74) is 3.38. The van der Waals surface area contributed by atoms with Crippen LogP contribution >= 0.6 is 0 Å². The molecule has 11 heteroatoms. The van der Waals surface area contributed by atoms with Crippen molar-refractivity contribution in [1.29, 1.82) is 0 Å². The van der Waals surface area contributed by atoms with Crippen LogP contribution in [-0.2, 0) is 16.2 Å². The third kappa shape index (κ3) is 7.28. The van der Waals surface area contributed by atoms with Crippen molar-refractivity contribution in [2.45, 2.75) is 13.5 Å². The Morgan fingerprint density at radius 1 is 1.00 bits per heavy atom. The molecule has 0 heterocycles. The Balaban J connectivity index is 1.67. The maximum atomic E-state index is 12.4. The average Bonchev–Trinajstić information content (AvgIpc) is 2.92. The lowest BCUT2D eigenvalue weighted by molar-refractivity contribution is -0.385. The second-order valence-corrected chi connectivity index (χ2v) is 7.77. The maximum absolute atomic E-state index is 12.4. The monoisotopic (exact) mass is 506 g/mol. The molecule has 0 saturated carbocycles. The summed E-state index contributed by atoms with van der Waals surface area (Å²) < 4.78 is 16.1. The van der Waals surface area contributed by atoms with E-state index in [0.29, 0.717) is 11.4 Å². The van der Waals surface area contributed by atoms with E-state index >= 15 is 0 Å². The predicted octanol–water partition coefficient (Wildman–Crippen LogP) is 3.92. The van der Waals surface area contributed by atoms with Gasteiger partial charge < -0.3 is 19.5 Å². The van der Waals surface area contributed by atoms with Gasteiger partial charge in [-0.1, -0.05) is 30.3 Å². The molecule has 0 saturated heterocycles. The summed E-state index contributed by atoms with van der Waals surface area (Å²) in [5.74, 6) is -1.27. The molecule has 0 aliphatic rings. The Morgan fingerprint density at radius 3 is 2.32 bits per heavy atom. The number of amides is 2. The lowest BCUT2D eigenvalue weighted by Crippen LogP contribution is -2.34. The number of methoxy groups -OCH3 is 2. The van der Waals surface area contributed by atoms with E-state index in [4.69, 9.17) is 14.2 Å². The maximum Gasteiger partial charge on any atom is 0.282 e. The van der Waals surface area contributed by atoms with Gasteiger partial charge in [0.05, 0.1) is 37.0 Å².